The molecule has 1 fully saturated rings. The Hall–Kier alpha value is -1.78. The Balaban J connectivity index is 1.88. The summed E-state index contributed by atoms with van der Waals surface area (Å²) < 4.78 is 2.02. The Morgan fingerprint density at radius 1 is 1.47 bits per heavy atom. The highest BCUT2D eigenvalue weighted by Gasteiger charge is 2.28. The fraction of sp³-hybridized carbons (Fsp3) is 0.571. The number of fused-ring (bicyclic) bond motifs is 1. The summed E-state index contributed by atoms with van der Waals surface area (Å²) in [6, 6.07) is 0.467. The van der Waals surface area contributed by atoms with Crippen molar-refractivity contribution in [1.82, 2.24) is 14.4 Å². The molecule has 0 saturated heterocycles. The average Bonchev–Trinajstić information content (AvgIpc) is 3.15. The highest BCUT2D eigenvalue weighted by molar-refractivity contribution is 5.65. The lowest BCUT2D eigenvalue weighted by atomic mass is 10.2. The molecule has 1 aliphatic carbocycles. The van der Waals surface area contributed by atoms with Gasteiger partial charge in [-0.2, -0.15) is 0 Å². The third-order valence-corrected chi connectivity index (χ3v) is 3.62. The van der Waals surface area contributed by atoms with Crippen LogP contribution in [-0.4, -0.2) is 27.0 Å². The standard InChI is InChI=1S/C14H21N5/c1-3-6-15-12-9-19-8-7-16-14(19)13(18-12)17-10(2)11-4-5-11/h7-11,15H,3-6H2,1-2H3,(H,17,18). The Bertz CT molecular complexity index is 558. The van der Waals surface area contributed by atoms with Crippen LogP contribution < -0.4 is 10.6 Å². The van der Waals surface area contributed by atoms with Gasteiger partial charge in [0.15, 0.2) is 11.5 Å². The van der Waals surface area contributed by atoms with Crippen molar-refractivity contribution in [3.05, 3.63) is 18.6 Å². The molecule has 5 heteroatoms. The molecule has 2 aromatic rings. The summed E-state index contributed by atoms with van der Waals surface area (Å²) in [7, 11) is 0. The summed E-state index contributed by atoms with van der Waals surface area (Å²) in [5, 5.41) is 6.85. The molecule has 2 N–H and O–H groups in total. The van der Waals surface area contributed by atoms with Gasteiger partial charge in [0.2, 0.25) is 0 Å². The maximum Gasteiger partial charge on any atom is 0.180 e. The van der Waals surface area contributed by atoms with E-state index in [4.69, 9.17) is 0 Å². The van der Waals surface area contributed by atoms with Crippen molar-refractivity contribution in [2.24, 2.45) is 5.92 Å². The summed E-state index contributed by atoms with van der Waals surface area (Å²) in [5.41, 5.74) is 0.898. The molecule has 0 aromatic carbocycles. The van der Waals surface area contributed by atoms with Gasteiger partial charge in [-0.25, -0.2) is 9.97 Å². The quantitative estimate of drug-likeness (QED) is 0.837. The van der Waals surface area contributed by atoms with Crippen molar-refractivity contribution >= 4 is 17.3 Å². The van der Waals surface area contributed by atoms with Gasteiger partial charge < -0.3 is 15.0 Å². The third kappa shape index (κ3) is 2.64. The van der Waals surface area contributed by atoms with Crippen LogP contribution in [0, 0.1) is 5.92 Å². The molecule has 1 atom stereocenters. The van der Waals surface area contributed by atoms with E-state index in [9.17, 15) is 0 Å². The van der Waals surface area contributed by atoms with Crippen molar-refractivity contribution in [2.45, 2.75) is 39.2 Å². The first-order valence-electron chi connectivity index (χ1n) is 7.12. The second-order valence-electron chi connectivity index (χ2n) is 5.33. The largest absolute Gasteiger partial charge is 0.369 e. The van der Waals surface area contributed by atoms with Gasteiger partial charge in [0, 0.05) is 25.0 Å². The molecule has 0 spiro atoms. The normalized spacial score (nSPS) is 16.5. The molecule has 0 amide bonds. The van der Waals surface area contributed by atoms with Gasteiger partial charge in [0.25, 0.3) is 0 Å². The first-order valence-corrected chi connectivity index (χ1v) is 7.12. The number of anilines is 2. The zero-order valence-corrected chi connectivity index (χ0v) is 11.6. The number of imidazole rings is 1. The molecule has 0 aliphatic heterocycles. The highest BCUT2D eigenvalue weighted by Crippen LogP contribution is 2.34. The van der Waals surface area contributed by atoms with Gasteiger partial charge in [-0.3, -0.25) is 0 Å². The number of hydrogen-bond acceptors (Lipinski definition) is 4. The van der Waals surface area contributed by atoms with Gasteiger partial charge >= 0.3 is 0 Å². The van der Waals surface area contributed by atoms with Gasteiger partial charge in [-0.15, -0.1) is 0 Å². The molecule has 19 heavy (non-hydrogen) atoms. The summed E-state index contributed by atoms with van der Waals surface area (Å²) in [4.78, 5) is 9.04. The van der Waals surface area contributed by atoms with E-state index in [0.717, 1.165) is 36.2 Å². The SMILES string of the molecule is CCCNc1cn2ccnc2c(NC(C)C2CC2)n1. The van der Waals surface area contributed by atoms with Crippen LogP contribution in [0.25, 0.3) is 5.65 Å². The Kier molecular flexibility index (Phi) is 3.27. The van der Waals surface area contributed by atoms with E-state index in [0.29, 0.717) is 6.04 Å². The number of rotatable bonds is 6. The van der Waals surface area contributed by atoms with Crippen LogP contribution in [0.15, 0.2) is 18.6 Å². The van der Waals surface area contributed by atoms with Gasteiger partial charge in [0.1, 0.15) is 5.82 Å². The predicted molar refractivity (Wildman–Crippen MR) is 77.6 cm³/mol. The van der Waals surface area contributed by atoms with Crippen molar-refractivity contribution in [2.75, 3.05) is 17.2 Å². The zero-order chi connectivity index (χ0) is 13.2. The lowest BCUT2D eigenvalue weighted by Crippen LogP contribution is -2.19. The Morgan fingerprint density at radius 2 is 2.32 bits per heavy atom. The molecule has 102 valence electrons. The molecule has 2 heterocycles. The lowest BCUT2D eigenvalue weighted by Gasteiger charge is -2.15. The molecule has 1 saturated carbocycles. The van der Waals surface area contributed by atoms with E-state index in [-0.39, 0.29) is 0 Å². The number of nitrogens with zero attached hydrogens (tertiary/aromatic N) is 3. The molecule has 0 radical (unpaired) electrons. The van der Waals surface area contributed by atoms with Crippen LogP contribution in [0.5, 0.6) is 0 Å². The van der Waals surface area contributed by atoms with Crippen LogP contribution in [-0.2, 0) is 0 Å². The first-order chi connectivity index (χ1) is 9.28. The molecule has 1 aliphatic rings. The topological polar surface area (TPSA) is 54.2 Å². The molecule has 0 bridgehead atoms. The highest BCUT2D eigenvalue weighted by atomic mass is 15.2. The van der Waals surface area contributed by atoms with E-state index >= 15 is 0 Å². The molecular formula is C14H21N5. The van der Waals surface area contributed by atoms with E-state index < -0.39 is 0 Å². The minimum Gasteiger partial charge on any atom is -0.369 e. The maximum absolute atomic E-state index is 4.66. The minimum absolute atomic E-state index is 0.467. The monoisotopic (exact) mass is 259 g/mol. The smallest absolute Gasteiger partial charge is 0.180 e. The van der Waals surface area contributed by atoms with E-state index in [1.807, 2.05) is 23.0 Å². The molecular weight excluding hydrogens is 238 g/mol. The molecule has 1 unspecified atom stereocenters. The van der Waals surface area contributed by atoms with Crippen LogP contribution in [0.3, 0.4) is 0 Å². The molecule has 2 aromatic heterocycles. The van der Waals surface area contributed by atoms with E-state index in [1.54, 1.807) is 0 Å². The fourth-order valence-electron chi connectivity index (χ4n) is 2.30. The second kappa shape index (κ2) is 5.07. The minimum atomic E-state index is 0.467. The van der Waals surface area contributed by atoms with E-state index in [1.165, 1.54) is 12.8 Å². The second-order valence-corrected chi connectivity index (χ2v) is 5.33. The van der Waals surface area contributed by atoms with Gasteiger partial charge in [0.05, 0.1) is 6.20 Å². The first kappa shape index (κ1) is 12.3. The lowest BCUT2D eigenvalue weighted by molar-refractivity contribution is 0.691. The number of aromatic nitrogens is 3. The number of nitrogens with one attached hydrogen (secondary N) is 2. The average molecular weight is 259 g/mol. The van der Waals surface area contributed by atoms with Crippen molar-refractivity contribution < 1.29 is 0 Å². The predicted octanol–water partition coefficient (Wildman–Crippen LogP) is 2.76. The van der Waals surface area contributed by atoms with Crippen LogP contribution in [0.2, 0.25) is 0 Å². The maximum atomic E-state index is 4.66. The Labute approximate surface area is 113 Å². The fourth-order valence-corrected chi connectivity index (χ4v) is 2.30. The third-order valence-electron chi connectivity index (χ3n) is 3.62. The van der Waals surface area contributed by atoms with Crippen LogP contribution in [0.4, 0.5) is 11.6 Å². The van der Waals surface area contributed by atoms with Crippen molar-refractivity contribution in [3.63, 3.8) is 0 Å². The summed E-state index contributed by atoms with van der Waals surface area (Å²) in [5.74, 6) is 2.58. The molecule has 3 rings (SSSR count). The van der Waals surface area contributed by atoms with E-state index in [2.05, 4.69) is 34.4 Å². The molecule has 5 nitrogen and oxygen atoms in total. The van der Waals surface area contributed by atoms with Crippen LogP contribution >= 0.6 is 0 Å². The van der Waals surface area contributed by atoms with Gasteiger partial charge in [-0.05, 0) is 32.1 Å². The zero-order valence-electron chi connectivity index (χ0n) is 11.6. The van der Waals surface area contributed by atoms with Crippen LogP contribution in [0.1, 0.15) is 33.1 Å². The van der Waals surface area contributed by atoms with Gasteiger partial charge in [-0.1, -0.05) is 6.92 Å². The Morgan fingerprint density at radius 3 is 3.05 bits per heavy atom. The number of hydrogen-bond donors (Lipinski definition) is 2. The van der Waals surface area contributed by atoms with Crippen molar-refractivity contribution in [1.29, 1.82) is 0 Å². The summed E-state index contributed by atoms with van der Waals surface area (Å²) in [6.45, 7) is 5.31. The van der Waals surface area contributed by atoms with Crippen molar-refractivity contribution in [3.8, 4) is 0 Å². The summed E-state index contributed by atoms with van der Waals surface area (Å²) in [6.07, 6.45) is 9.50. The summed E-state index contributed by atoms with van der Waals surface area (Å²) >= 11 is 0.